The first-order valence-electron chi connectivity index (χ1n) is 10.1. The molecule has 0 radical (unpaired) electrons. The van der Waals surface area contributed by atoms with Crippen LogP contribution in [0.5, 0.6) is 0 Å². The summed E-state index contributed by atoms with van der Waals surface area (Å²) in [5.41, 5.74) is 2.65. The average Bonchev–Trinajstić information content (AvgIpc) is 3.51. The van der Waals surface area contributed by atoms with Crippen molar-refractivity contribution >= 4 is 35.1 Å². The quantitative estimate of drug-likeness (QED) is 0.570. The third kappa shape index (κ3) is 4.38. The van der Waals surface area contributed by atoms with Crippen LogP contribution in [-0.4, -0.2) is 42.4 Å². The van der Waals surface area contributed by atoms with E-state index in [1.165, 1.54) is 13.2 Å². The largest absolute Gasteiger partial charge is 0.472 e. The summed E-state index contributed by atoms with van der Waals surface area (Å²) in [5, 5.41) is 3.11. The van der Waals surface area contributed by atoms with E-state index >= 15 is 0 Å². The molecule has 1 N–H and O–H groups in total. The molecule has 0 bridgehead atoms. The van der Waals surface area contributed by atoms with Crippen LogP contribution in [-0.2, 0) is 9.53 Å². The van der Waals surface area contributed by atoms with Crippen molar-refractivity contribution in [1.29, 1.82) is 0 Å². The molecule has 2 aromatic carbocycles. The number of benzene rings is 2. The number of carbonyl (C=O) groups excluding carboxylic acids is 3. The number of esters is 1. The molecule has 1 aliphatic rings. The van der Waals surface area contributed by atoms with Gasteiger partial charge in [-0.25, -0.2) is 4.79 Å². The molecular formula is C24H21ClN2O5. The smallest absolute Gasteiger partial charge is 0.340 e. The molecule has 3 aromatic rings. The standard InChI is InChI=1S/C24H21ClN2O5/c1-31-24(30)19-13-18(25)7-8-20(19)26-22(28)21-6-3-10-27(21)23(29)16-5-2-4-15(12-16)17-9-11-32-14-17/h2,4-5,7-9,11-14,21H,3,6,10H2,1H3,(H,26,28)/t21-/m0/s1. The predicted octanol–water partition coefficient (Wildman–Crippen LogP) is 4.63. The zero-order chi connectivity index (χ0) is 22.7. The number of rotatable bonds is 5. The summed E-state index contributed by atoms with van der Waals surface area (Å²) in [5.74, 6) is -1.20. The summed E-state index contributed by atoms with van der Waals surface area (Å²) in [6, 6.07) is 12.9. The van der Waals surface area contributed by atoms with E-state index in [1.54, 1.807) is 47.8 Å². The fourth-order valence-corrected chi connectivity index (χ4v) is 4.00. The first-order valence-corrected chi connectivity index (χ1v) is 10.5. The van der Waals surface area contributed by atoms with E-state index in [0.29, 0.717) is 30.0 Å². The average molecular weight is 453 g/mol. The van der Waals surface area contributed by atoms with E-state index in [0.717, 1.165) is 11.1 Å². The molecule has 1 aliphatic heterocycles. The van der Waals surface area contributed by atoms with Gasteiger partial charge in [-0.2, -0.15) is 0 Å². The maximum absolute atomic E-state index is 13.2. The molecule has 4 rings (SSSR count). The van der Waals surface area contributed by atoms with E-state index < -0.39 is 12.0 Å². The van der Waals surface area contributed by atoms with Gasteiger partial charge in [-0.05, 0) is 54.8 Å². The lowest BCUT2D eigenvalue weighted by atomic mass is 10.0. The molecule has 2 amide bonds. The van der Waals surface area contributed by atoms with Crippen molar-refractivity contribution in [2.75, 3.05) is 19.0 Å². The second-order valence-corrected chi connectivity index (χ2v) is 7.86. The molecule has 2 heterocycles. The highest BCUT2D eigenvalue weighted by Gasteiger charge is 2.35. The fourth-order valence-electron chi connectivity index (χ4n) is 3.83. The number of halogens is 1. The number of hydrogen-bond acceptors (Lipinski definition) is 5. The highest BCUT2D eigenvalue weighted by molar-refractivity contribution is 6.31. The summed E-state index contributed by atoms with van der Waals surface area (Å²) in [6.45, 7) is 0.470. The molecule has 7 nitrogen and oxygen atoms in total. The van der Waals surface area contributed by atoms with Gasteiger partial charge in [-0.3, -0.25) is 9.59 Å². The summed E-state index contributed by atoms with van der Waals surface area (Å²) >= 11 is 5.98. The van der Waals surface area contributed by atoms with Crippen LogP contribution in [0.15, 0.2) is 65.5 Å². The number of nitrogens with one attached hydrogen (secondary N) is 1. The van der Waals surface area contributed by atoms with Crippen molar-refractivity contribution in [3.8, 4) is 11.1 Å². The van der Waals surface area contributed by atoms with E-state index in [2.05, 4.69) is 5.32 Å². The lowest BCUT2D eigenvalue weighted by Gasteiger charge is -2.24. The van der Waals surface area contributed by atoms with E-state index in [1.807, 2.05) is 12.1 Å². The van der Waals surface area contributed by atoms with Gasteiger partial charge in [0.15, 0.2) is 0 Å². The second kappa shape index (κ2) is 9.28. The number of anilines is 1. The Balaban J connectivity index is 1.54. The van der Waals surface area contributed by atoms with Crippen molar-refractivity contribution in [3.05, 3.63) is 77.2 Å². The Kier molecular flexibility index (Phi) is 6.28. The molecule has 0 saturated carbocycles. The molecular weight excluding hydrogens is 432 g/mol. The van der Waals surface area contributed by atoms with Crippen LogP contribution < -0.4 is 5.32 Å². The fraction of sp³-hybridized carbons (Fsp3) is 0.208. The third-order valence-electron chi connectivity index (χ3n) is 5.43. The molecule has 1 fully saturated rings. The molecule has 1 atom stereocenters. The van der Waals surface area contributed by atoms with Crippen molar-refractivity contribution in [2.45, 2.75) is 18.9 Å². The topological polar surface area (TPSA) is 88.9 Å². The number of ether oxygens (including phenoxy) is 1. The number of methoxy groups -OCH3 is 1. The number of nitrogens with zero attached hydrogens (tertiary/aromatic N) is 1. The molecule has 8 heteroatoms. The number of furan rings is 1. The maximum Gasteiger partial charge on any atom is 0.340 e. The Morgan fingerprint density at radius 2 is 1.97 bits per heavy atom. The van der Waals surface area contributed by atoms with Crippen LogP contribution in [0, 0.1) is 0 Å². The van der Waals surface area contributed by atoms with E-state index in [4.69, 9.17) is 20.8 Å². The zero-order valence-corrected chi connectivity index (χ0v) is 18.1. The lowest BCUT2D eigenvalue weighted by molar-refractivity contribution is -0.119. The number of carbonyl (C=O) groups is 3. The number of likely N-dealkylation sites (tertiary alicyclic amines) is 1. The SMILES string of the molecule is COC(=O)c1cc(Cl)ccc1NC(=O)[C@@H]1CCCN1C(=O)c1cccc(-c2ccoc2)c1. The van der Waals surface area contributed by atoms with Gasteiger partial charge < -0.3 is 19.4 Å². The van der Waals surface area contributed by atoms with Crippen LogP contribution in [0.25, 0.3) is 11.1 Å². The summed E-state index contributed by atoms with van der Waals surface area (Å²) < 4.78 is 9.90. The van der Waals surface area contributed by atoms with Crippen molar-refractivity contribution in [1.82, 2.24) is 4.90 Å². The summed E-state index contributed by atoms with van der Waals surface area (Å²) in [6.07, 6.45) is 4.42. The normalized spacial score (nSPS) is 15.4. The van der Waals surface area contributed by atoms with Gasteiger partial charge in [0.25, 0.3) is 5.91 Å². The summed E-state index contributed by atoms with van der Waals surface area (Å²) in [7, 11) is 1.25. The number of hydrogen-bond donors (Lipinski definition) is 1. The predicted molar refractivity (Wildman–Crippen MR) is 120 cm³/mol. The first-order chi connectivity index (χ1) is 15.5. The van der Waals surface area contributed by atoms with Gasteiger partial charge in [0.2, 0.25) is 5.91 Å². The van der Waals surface area contributed by atoms with E-state index in [9.17, 15) is 14.4 Å². The second-order valence-electron chi connectivity index (χ2n) is 7.42. The lowest BCUT2D eigenvalue weighted by Crippen LogP contribution is -2.43. The van der Waals surface area contributed by atoms with Gasteiger partial charge in [0, 0.05) is 22.7 Å². The highest BCUT2D eigenvalue weighted by Crippen LogP contribution is 2.27. The minimum atomic E-state index is -0.652. The first kappa shape index (κ1) is 21.6. The van der Waals surface area contributed by atoms with Crippen LogP contribution >= 0.6 is 11.6 Å². The zero-order valence-electron chi connectivity index (χ0n) is 17.3. The Morgan fingerprint density at radius 3 is 2.72 bits per heavy atom. The molecule has 32 heavy (non-hydrogen) atoms. The van der Waals surface area contributed by atoms with E-state index in [-0.39, 0.29) is 23.1 Å². The van der Waals surface area contributed by atoms with Gasteiger partial charge in [-0.15, -0.1) is 0 Å². The van der Waals surface area contributed by atoms with Gasteiger partial charge in [-0.1, -0.05) is 23.7 Å². The minimum absolute atomic E-state index is 0.150. The molecule has 1 aromatic heterocycles. The van der Waals surface area contributed by atoms with Crippen molar-refractivity contribution in [2.24, 2.45) is 0 Å². The Morgan fingerprint density at radius 1 is 1.12 bits per heavy atom. The minimum Gasteiger partial charge on any atom is -0.472 e. The maximum atomic E-state index is 13.2. The summed E-state index contributed by atoms with van der Waals surface area (Å²) in [4.78, 5) is 39.9. The van der Waals surface area contributed by atoms with Crippen LogP contribution in [0.4, 0.5) is 5.69 Å². The van der Waals surface area contributed by atoms with Crippen LogP contribution in [0.1, 0.15) is 33.6 Å². The molecule has 164 valence electrons. The van der Waals surface area contributed by atoms with Crippen LogP contribution in [0.3, 0.4) is 0 Å². The Labute approximate surface area is 189 Å². The molecule has 0 spiro atoms. The molecule has 0 aliphatic carbocycles. The van der Waals surface area contributed by atoms with Gasteiger partial charge in [0.1, 0.15) is 6.04 Å². The highest BCUT2D eigenvalue weighted by atomic mass is 35.5. The monoisotopic (exact) mass is 452 g/mol. The van der Waals surface area contributed by atoms with Crippen molar-refractivity contribution < 1.29 is 23.5 Å². The molecule has 1 saturated heterocycles. The third-order valence-corrected chi connectivity index (χ3v) is 5.66. The molecule has 0 unspecified atom stereocenters. The number of amides is 2. The van der Waals surface area contributed by atoms with Gasteiger partial charge >= 0.3 is 5.97 Å². The van der Waals surface area contributed by atoms with Crippen LogP contribution in [0.2, 0.25) is 5.02 Å². The Bertz CT molecular complexity index is 1160. The van der Waals surface area contributed by atoms with Crippen molar-refractivity contribution in [3.63, 3.8) is 0 Å². The Hall–Kier alpha value is -3.58. The van der Waals surface area contributed by atoms with Gasteiger partial charge in [0.05, 0.1) is 30.9 Å².